The van der Waals surface area contributed by atoms with Gasteiger partial charge in [-0.3, -0.25) is 0 Å². The van der Waals surface area contributed by atoms with E-state index in [0.717, 1.165) is 24.0 Å². The normalized spacial score (nSPS) is 10.2. The topological polar surface area (TPSA) is 35.0 Å². The van der Waals surface area contributed by atoms with Crippen LogP contribution in [0.5, 0.6) is 0 Å². The average Bonchev–Trinajstić information content (AvgIpc) is 2.55. The molecule has 1 aromatic carbocycles. The van der Waals surface area contributed by atoms with Gasteiger partial charge in [0.25, 0.3) is 0 Å². The molecule has 3 heteroatoms. The van der Waals surface area contributed by atoms with Crippen LogP contribution in [0.3, 0.4) is 0 Å². The lowest BCUT2D eigenvalue weighted by molar-refractivity contribution is 0.126. The molecule has 21 heavy (non-hydrogen) atoms. The van der Waals surface area contributed by atoms with Gasteiger partial charge in [-0.2, -0.15) is 10.2 Å². The Labute approximate surface area is 128 Å². The quantitative estimate of drug-likeness (QED) is 0.640. The molecular weight excluding hydrogens is 260 g/mol. The van der Waals surface area contributed by atoms with Crippen molar-refractivity contribution in [2.75, 3.05) is 13.2 Å². The summed E-state index contributed by atoms with van der Waals surface area (Å²) < 4.78 is 5.44. The van der Waals surface area contributed by atoms with Crippen LogP contribution in [0.1, 0.15) is 52.4 Å². The highest BCUT2D eigenvalue weighted by Gasteiger charge is 1.88. The summed E-state index contributed by atoms with van der Waals surface area (Å²) in [7, 11) is 0. The number of fused-ring (bicyclic) bond motifs is 1. The van der Waals surface area contributed by atoms with Gasteiger partial charge in [-0.15, -0.1) is 0 Å². The maximum Gasteiger partial charge on any atom is 0.0574 e. The Morgan fingerprint density at radius 2 is 1.24 bits per heavy atom. The second kappa shape index (κ2) is 12.3. The number of hydrogen-bond acceptors (Lipinski definition) is 3. The van der Waals surface area contributed by atoms with Crippen LogP contribution in [-0.4, -0.2) is 23.4 Å². The van der Waals surface area contributed by atoms with Gasteiger partial charge in [0.05, 0.1) is 12.4 Å². The smallest absolute Gasteiger partial charge is 0.0574 e. The molecule has 0 bridgehead atoms. The van der Waals surface area contributed by atoms with Crippen molar-refractivity contribution in [2.24, 2.45) is 0 Å². The van der Waals surface area contributed by atoms with E-state index in [0.29, 0.717) is 0 Å². The van der Waals surface area contributed by atoms with Crippen LogP contribution in [-0.2, 0) is 4.74 Å². The Kier molecular flexibility index (Phi) is 10.3. The van der Waals surface area contributed by atoms with Gasteiger partial charge in [0, 0.05) is 24.0 Å². The predicted molar refractivity (Wildman–Crippen MR) is 89.4 cm³/mol. The van der Waals surface area contributed by atoms with E-state index in [-0.39, 0.29) is 0 Å². The van der Waals surface area contributed by atoms with Crippen molar-refractivity contribution in [3.8, 4) is 0 Å². The summed E-state index contributed by atoms with van der Waals surface area (Å²) in [5.41, 5.74) is 0. The third kappa shape index (κ3) is 8.41. The van der Waals surface area contributed by atoms with Crippen LogP contribution >= 0.6 is 0 Å². The minimum Gasteiger partial charge on any atom is -0.381 e. The molecule has 2 aromatic rings. The van der Waals surface area contributed by atoms with E-state index < -0.39 is 0 Å². The van der Waals surface area contributed by atoms with Gasteiger partial charge in [-0.25, -0.2) is 0 Å². The molecule has 116 valence electrons. The SMILES string of the molecule is CCCCCOCCCCC.c1ccc2cnncc2c1. The van der Waals surface area contributed by atoms with Crippen LogP contribution in [0.25, 0.3) is 10.8 Å². The van der Waals surface area contributed by atoms with Crippen molar-refractivity contribution >= 4 is 10.8 Å². The van der Waals surface area contributed by atoms with Crippen LogP contribution in [0.15, 0.2) is 36.7 Å². The highest BCUT2D eigenvalue weighted by Crippen LogP contribution is 2.08. The van der Waals surface area contributed by atoms with Gasteiger partial charge >= 0.3 is 0 Å². The Morgan fingerprint density at radius 1 is 0.762 bits per heavy atom. The number of ether oxygens (including phenoxy) is 1. The van der Waals surface area contributed by atoms with Crippen molar-refractivity contribution in [3.05, 3.63) is 36.7 Å². The van der Waals surface area contributed by atoms with Crippen molar-refractivity contribution < 1.29 is 4.74 Å². The summed E-state index contributed by atoms with van der Waals surface area (Å²) in [5, 5.41) is 9.80. The molecule has 2 rings (SSSR count). The van der Waals surface area contributed by atoms with Crippen molar-refractivity contribution in [2.45, 2.75) is 52.4 Å². The third-order valence-corrected chi connectivity index (χ3v) is 3.24. The lowest BCUT2D eigenvalue weighted by atomic mass is 10.2. The molecular formula is C18H28N2O. The summed E-state index contributed by atoms with van der Waals surface area (Å²) in [6, 6.07) is 8.02. The highest BCUT2D eigenvalue weighted by molar-refractivity contribution is 5.80. The summed E-state index contributed by atoms with van der Waals surface area (Å²) in [6.07, 6.45) is 11.2. The average molecular weight is 288 g/mol. The van der Waals surface area contributed by atoms with E-state index >= 15 is 0 Å². The molecule has 0 spiro atoms. The number of aromatic nitrogens is 2. The van der Waals surface area contributed by atoms with Gasteiger partial charge in [0.2, 0.25) is 0 Å². The first-order chi connectivity index (χ1) is 10.4. The molecule has 0 saturated heterocycles. The maximum atomic E-state index is 5.44. The number of hydrogen-bond donors (Lipinski definition) is 0. The molecule has 0 fully saturated rings. The minimum atomic E-state index is 0.970. The van der Waals surface area contributed by atoms with Gasteiger partial charge < -0.3 is 4.74 Å². The summed E-state index contributed by atoms with van der Waals surface area (Å²) in [6.45, 7) is 6.38. The van der Waals surface area contributed by atoms with E-state index in [2.05, 4.69) is 24.0 Å². The number of nitrogens with zero attached hydrogens (tertiary/aromatic N) is 2. The fourth-order valence-corrected chi connectivity index (χ4v) is 1.95. The lowest BCUT2D eigenvalue weighted by Gasteiger charge is -2.01. The van der Waals surface area contributed by atoms with Crippen molar-refractivity contribution in [3.63, 3.8) is 0 Å². The number of benzene rings is 1. The second-order valence-electron chi connectivity index (χ2n) is 5.14. The van der Waals surface area contributed by atoms with Gasteiger partial charge in [0.1, 0.15) is 0 Å². The zero-order chi connectivity index (χ0) is 15.2. The van der Waals surface area contributed by atoms with Crippen LogP contribution in [0.4, 0.5) is 0 Å². The fraction of sp³-hybridized carbons (Fsp3) is 0.556. The standard InChI is InChI=1S/C10H22O.C8H6N2/c1-3-5-7-9-11-10-8-6-4-2;1-2-4-8-6-10-9-5-7(8)3-1/h3-10H2,1-2H3;1-6H. The van der Waals surface area contributed by atoms with Crippen molar-refractivity contribution in [1.29, 1.82) is 0 Å². The molecule has 0 radical (unpaired) electrons. The van der Waals surface area contributed by atoms with Crippen molar-refractivity contribution in [1.82, 2.24) is 10.2 Å². The Hall–Kier alpha value is -1.48. The van der Waals surface area contributed by atoms with E-state index in [4.69, 9.17) is 4.74 Å². The number of rotatable bonds is 8. The zero-order valence-corrected chi connectivity index (χ0v) is 13.4. The maximum absolute atomic E-state index is 5.44. The monoisotopic (exact) mass is 288 g/mol. The van der Waals surface area contributed by atoms with Crippen LogP contribution in [0, 0.1) is 0 Å². The van der Waals surface area contributed by atoms with Gasteiger partial charge in [0.15, 0.2) is 0 Å². The van der Waals surface area contributed by atoms with Crippen LogP contribution in [0.2, 0.25) is 0 Å². The zero-order valence-electron chi connectivity index (χ0n) is 13.4. The van der Waals surface area contributed by atoms with E-state index in [9.17, 15) is 0 Å². The summed E-state index contributed by atoms with van der Waals surface area (Å²) in [4.78, 5) is 0. The molecule has 0 aliphatic carbocycles. The number of unbranched alkanes of at least 4 members (excludes halogenated alkanes) is 4. The molecule has 0 unspecified atom stereocenters. The largest absolute Gasteiger partial charge is 0.381 e. The minimum absolute atomic E-state index is 0.970. The van der Waals surface area contributed by atoms with Gasteiger partial charge in [-0.1, -0.05) is 63.8 Å². The van der Waals surface area contributed by atoms with E-state index in [1.807, 2.05) is 24.3 Å². The molecule has 0 aliphatic heterocycles. The summed E-state index contributed by atoms with van der Waals surface area (Å²) in [5.74, 6) is 0. The summed E-state index contributed by atoms with van der Waals surface area (Å²) >= 11 is 0. The predicted octanol–water partition coefficient (Wildman–Crippen LogP) is 5.01. The molecule has 1 aromatic heterocycles. The lowest BCUT2D eigenvalue weighted by Crippen LogP contribution is -1.96. The molecule has 0 aliphatic rings. The molecule has 3 nitrogen and oxygen atoms in total. The molecule has 1 heterocycles. The molecule has 0 amide bonds. The third-order valence-electron chi connectivity index (χ3n) is 3.24. The first-order valence-corrected chi connectivity index (χ1v) is 8.11. The Morgan fingerprint density at radius 3 is 1.67 bits per heavy atom. The van der Waals surface area contributed by atoms with E-state index in [1.54, 1.807) is 12.4 Å². The second-order valence-corrected chi connectivity index (χ2v) is 5.14. The highest BCUT2D eigenvalue weighted by atomic mass is 16.5. The first-order valence-electron chi connectivity index (χ1n) is 8.11. The molecule has 0 N–H and O–H groups in total. The first kappa shape index (κ1) is 17.6. The molecule has 0 atom stereocenters. The Bertz CT molecular complexity index is 400. The Balaban J connectivity index is 0.000000210. The van der Waals surface area contributed by atoms with Crippen LogP contribution < -0.4 is 0 Å². The fourth-order valence-electron chi connectivity index (χ4n) is 1.95. The molecule has 0 saturated carbocycles. The van der Waals surface area contributed by atoms with E-state index in [1.165, 1.54) is 38.5 Å². The van der Waals surface area contributed by atoms with Gasteiger partial charge in [-0.05, 0) is 12.8 Å².